The van der Waals surface area contributed by atoms with Crippen LogP contribution >= 0.6 is 11.8 Å². The van der Waals surface area contributed by atoms with Crippen LogP contribution < -0.4 is 0 Å². The van der Waals surface area contributed by atoms with E-state index in [1.54, 1.807) is 11.8 Å². The van der Waals surface area contributed by atoms with E-state index in [1.165, 1.54) is 5.56 Å². The van der Waals surface area contributed by atoms with Crippen LogP contribution in [0.1, 0.15) is 42.9 Å². The van der Waals surface area contributed by atoms with E-state index in [0.717, 1.165) is 36.7 Å². The minimum atomic E-state index is -0.103. The van der Waals surface area contributed by atoms with Crippen LogP contribution in [0.2, 0.25) is 0 Å². The van der Waals surface area contributed by atoms with Crippen LogP contribution in [0.15, 0.2) is 29.2 Å². The highest BCUT2D eigenvalue weighted by Gasteiger charge is 2.29. The van der Waals surface area contributed by atoms with Gasteiger partial charge in [-0.2, -0.15) is 0 Å². The van der Waals surface area contributed by atoms with E-state index in [9.17, 15) is 9.90 Å². The van der Waals surface area contributed by atoms with Gasteiger partial charge in [-0.3, -0.25) is 4.79 Å². The lowest BCUT2D eigenvalue weighted by molar-refractivity contribution is -0.131. The topological polar surface area (TPSA) is 71.2 Å². The molecule has 1 saturated heterocycles. The summed E-state index contributed by atoms with van der Waals surface area (Å²) in [5.74, 6) is 1.98. The molecule has 1 atom stereocenters. The van der Waals surface area contributed by atoms with Crippen molar-refractivity contribution in [3.05, 3.63) is 41.5 Å². The monoisotopic (exact) mass is 374 g/mol. The molecule has 0 unspecified atom stereocenters. The van der Waals surface area contributed by atoms with Gasteiger partial charge in [-0.25, -0.2) is 0 Å². The van der Waals surface area contributed by atoms with E-state index in [4.69, 9.17) is 0 Å². The molecule has 2 aromatic rings. The molecule has 1 aliphatic rings. The molecule has 6 nitrogen and oxygen atoms in total. The van der Waals surface area contributed by atoms with Crippen LogP contribution in [-0.4, -0.2) is 49.0 Å². The molecule has 0 saturated carbocycles. The molecule has 140 valence electrons. The Morgan fingerprint density at radius 3 is 2.50 bits per heavy atom. The van der Waals surface area contributed by atoms with Gasteiger partial charge in [-0.15, -0.1) is 22.0 Å². The Morgan fingerprint density at radius 2 is 1.92 bits per heavy atom. The molecule has 2 heterocycles. The van der Waals surface area contributed by atoms with Crippen LogP contribution in [0.4, 0.5) is 0 Å². The number of aryl methyl sites for hydroxylation is 1. The van der Waals surface area contributed by atoms with Crippen LogP contribution in [0.5, 0.6) is 0 Å². The van der Waals surface area contributed by atoms with Gasteiger partial charge >= 0.3 is 0 Å². The first-order chi connectivity index (χ1) is 12.5. The average Bonchev–Trinajstić information content (AvgIpc) is 3.03. The molecule has 1 amide bonds. The number of aromatic nitrogens is 3. The second-order valence-electron chi connectivity index (χ2n) is 6.86. The molecule has 1 fully saturated rings. The molecule has 1 N–H and O–H groups in total. The average molecular weight is 375 g/mol. The first kappa shape index (κ1) is 18.9. The Morgan fingerprint density at radius 1 is 1.27 bits per heavy atom. The van der Waals surface area contributed by atoms with Gasteiger partial charge in [0.25, 0.3) is 0 Å². The predicted molar refractivity (Wildman–Crippen MR) is 102 cm³/mol. The number of aliphatic hydroxyl groups excluding tert-OH is 1. The lowest BCUT2D eigenvalue weighted by atomic mass is 9.95. The maximum absolute atomic E-state index is 12.8. The van der Waals surface area contributed by atoms with Gasteiger partial charge in [0.1, 0.15) is 12.4 Å². The van der Waals surface area contributed by atoms with Crippen molar-refractivity contribution in [1.29, 1.82) is 0 Å². The summed E-state index contributed by atoms with van der Waals surface area (Å²) >= 11 is 1.61. The Kier molecular flexibility index (Phi) is 5.98. The zero-order valence-electron chi connectivity index (χ0n) is 15.6. The first-order valence-corrected chi connectivity index (χ1v) is 9.88. The molecular weight excluding hydrogens is 348 g/mol. The fraction of sp³-hybridized carbons (Fsp3) is 0.526. The van der Waals surface area contributed by atoms with Crippen molar-refractivity contribution < 1.29 is 9.90 Å². The summed E-state index contributed by atoms with van der Waals surface area (Å²) in [6, 6.07) is 8.30. The fourth-order valence-corrected chi connectivity index (χ4v) is 4.31. The largest absolute Gasteiger partial charge is 0.388 e. The molecule has 3 rings (SSSR count). The van der Waals surface area contributed by atoms with Gasteiger partial charge < -0.3 is 14.6 Å². The lowest BCUT2D eigenvalue weighted by Crippen LogP contribution is -2.42. The number of piperidine rings is 1. The van der Waals surface area contributed by atoms with Gasteiger partial charge in [-0.1, -0.05) is 17.7 Å². The summed E-state index contributed by atoms with van der Waals surface area (Å²) in [6.45, 7) is 5.42. The molecule has 0 aliphatic carbocycles. The van der Waals surface area contributed by atoms with Crippen molar-refractivity contribution in [3.8, 4) is 0 Å². The smallest absolute Gasteiger partial charge is 0.235 e. The number of nitrogens with zero attached hydrogens (tertiary/aromatic N) is 4. The summed E-state index contributed by atoms with van der Waals surface area (Å²) in [6.07, 6.45) is 1.76. The molecule has 1 aromatic heterocycles. The molecule has 0 radical (unpaired) electrons. The Hall–Kier alpha value is -1.86. The number of benzene rings is 1. The Labute approximate surface area is 158 Å². The Balaban J connectivity index is 1.55. The summed E-state index contributed by atoms with van der Waals surface area (Å²) in [5.41, 5.74) is 1.23. The number of aliphatic hydroxyl groups is 1. The Bertz CT molecular complexity index is 751. The number of hydrogen-bond acceptors (Lipinski definition) is 5. The predicted octanol–water partition coefficient (Wildman–Crippen LogP) is 2.50. The summed E-state index contributed by atoms with van der Waals surface area (Å²) < 4.78 is 1.87. The number of amides is 1. The highest BCUT2D eigenvalue weighted by atomic mass is 32.2. The van der Waals surface area contributed by atoms with Gasteiger partial charge in [0, 0.05) is 31.0 Å². The van der Waals surface area contributed by atoms with Crippen molar-refractivity contribution in [2.75, 3.05) is 13.1 Å². The van der Waals surface area contributed by atoms with Gasteiger partial charge in [0.2, 0.25) is 5.91 Å². The standard InChI is InChI=1S/C19H26N4O2S/c1-13-4-6-16(7-5-13)26-14(2)19(25)23-10-8-15(9-11-23)18-21-20-17(12-24)22(18)3/h4-7,14-15,24H,8-12H2,1-3H3/t14-/m1/s1. The van der Waals surface area contributed by atoms with E-state index < -0.39 is 0 Å². The quantitative estimate of drug-likeness (QED) is 0.814. The molecule has 1 aromatic carbocycles. The summed E-state index contributed by atoms with van der Waals surface area (Å²) in [4.78, 5) is 15.9. The third kappa shape index (κ3) is 4.10. The zero-order valence-corrected chi connectivity index (χ0v) is 16.4. The number of rotatable bonds is 5. The van der Waals surface area contributed by atoms with Gasteiger partial charge in [0.15, 0.2) is 5.82 Å². The SMILES string of the molecule is Cc1ccc(S[C@H](C)C(=O)N2CCC(c3nnc(CO)n3C)CC2)cc1. The molecular formula is C19H26N4O2S. The van der Waals surface area contributed by atoms with Crippen molar-refractivity contribution in [2.45, 2.75) is 49.4 Å². The number of likely N-dealkylation sites (tertiary alicyclic amines) is 1. The van der Waals surface area contributed by atoms with Crippen LogP contribution in [-0.2, 0) is 18.4 Å². The first-order valence-electron chi connectivity index (χ1n) is 9.00. The molecule has 0 bridgehead atoms. The van der Waals surface area contributed by atoms with E-state index in [-0.39, 0.29) is 23.7 Å². The van der Waals surface area contributed by atoms with E-state index >= 15 is 0 Å². The van der Waals surface area contributed by atoms with Crippen molar-refractivity contribution in [2.24, 2.45) is 7.05 Å². The van der Waals surface area contributed by atoms with E-state index in [2.05, 4.69) is 41.4 Å². The number of carbonyl (C=O) groups is 1. The van der Waals surface area contributed by atoms with Crippen LogP contribution in [0.3, 0.4) is 0 Å². The summed E-state index contributed by atoms with van der Waals surface area (Å²) in [7, 11) is 1.89. The molecule has 7 heteroatoms. The van der Waals surface area contributed by atoms with E-state index in [1.807, 2.05) is 23.4 Å². The van der Waals surface area contributed by atoms with Gasteiger partial charge in [-0.05, 0) is 38.8 Å². The number of carbonyl (C=O) groups excluding carboxylic acids is 1. The molecule has 1 aliphatic heterocycles. The van der Waals surface area contributed by atoms with E-state index in [0.29, 0.717) is 5.82 Å². The van der Waals surface area contributed by atoms with Crippen molar-refractivity contribution in [1.82, 2.24) is 19.7 Å². The van der Waals surface area contributed by atoms with Gasteiger partial charge in [0.05, 0.1) is 5.25 Å². The molecule has 26 heavy (non-hydrogen) atoms. The highest BCUT2D eigenvalue weighted by molar-refractivity contribution is 8.00. The maximum Gasteiger partial charge on any atom is 0.235 e. The van der Waals surface area contributed by atoms with Crippen molar-refractivity contribution >= 4 is 17.7 Å². The normalized spacial score (nSPS) is 16.7. The second-order valence-corrected chi connectivity index (χ2v) is 8.28. The summed E-state index contributed by atoms with van der Waals surface area (Å²) in [5, 5.41) is 17.4. The zero-order chi connectivity index (χ0) is 18.7. The van der Waals surface area contributed by atoms with Crippen LogP contribution in [0.25, 0.3) is 0 Å². The second kappa shape index (κ2) is 8.22. The number of thioether (sulfide) groups is 1. The minimum absolute atomic E-state index is 0.0925. The number of hydrogen-bond donors (Lipinski definition) is 1. The molecule has 0 spiro atoms. The van der Waals surface area contributed by atoms with Crippen LogP contribution in [0, 0.1) is 6.92 Å². The minimum Gasteiger partial charge on any atom is -0.388 e. The fourth-order valence-electron chi connectivity index (χ4n) is 3.36. The highest BCUT2D eigenvalue weighted by Crippen LogP contribution is 2.30. The van der Waals surface area contributed by atoms with Crippen molar-refractivity contribution in [3.63, 3.8) is 0 Å². The third-order valence-corrected chi connectivity index (χ3v) is 6.09. The maximum atomic E-state index is 12.8. The third-order valence-electron chi connectivity index (χ3n) is 4.99. The lowest BCUT2D eigenvalue weighted by Gasteiger charge is -2.33.